The maximum Gasteiger partial charge on any atom is 0.293 e. The molecule has 0 N–H and O–H groups in total. The zero-order chi connectivity index (χ0) is 13.8. The Kier molecular flexibility index (Phi) is 4.45. The fourth-order valence-corrected chi connectivity index (χ4v) is 2.84. The highest BCUT2D eigenvalue weighted by molar-refractivity contribution is 8.18. The molecule has 0 aliphatic carbocycles. The Morgan fingerprint density at radius 1 is 1.32 bits per heavy atom. The summed E-state index contributed by atoms with van der Waals surface area (Å²) < 4.78 is 0. The minimum Gasteiger partial charge on any atom is -0.269 e. The van der Waals surface area contributed by atoms with Crippen LogP contribution < -0.4 is 0 Å². The topological polar surface area (TPSA) is 37.4 Å². The number of halogens is 1. The van der Waals surface area contributed by atoms with E-state index in [-0.39, 0.29) is 11.1 Å². The number of allylic oxidation sites excluding steroid dienone is 2. The Balaban J connectivity index is 2.21. The van der Waals surface area contributed by atoms with Crippen LogP contribution in [0, 0.1) is 0 Å². The van der Waals surface area contributed by atoms with Crippen molar-refractivity contribution in [2.24, 2.45) is 0 Å². The molecule has 19 heavy (non-hydrogen) atoms. The summed E-state index contributed by atoms with van der Waals surface area (Å²) in [4.78, 5) is 25.0. The van der Waals surface area contributed by atoms with Crippen LogP contribution in [0.1, 0.15) is 12.5 Å². The van der Waals surface area contributed by atoms with Crippen LogP contribution in [-0.2, 0) is 4.79 Å². The number of thioether (sulfide) groups is 1. The van der Waals surface area contributed by atoms with Crippen LogP contribution in [0.4, 0.5) is 4.79 Å². The van der Waals surface area contributed by atoms with Gasteiger partial charge in [-0.2, -0.15) is 0 Å². The van der Waals surface area contributed by atoms with Gasteiger partial charge in [-0.1, -0.05) is 41.9 Å². The fraction of sp³-hybridized carbons (Fsp3) is 0.143. The molecular formula is C14H12ClNO2S. The Bertz CT molecular complexity index is 566. The Morgan fingerprint density at radius 2 is 2.00 bits per heavy atom. The molecule has 1 fully saturated rings. The van der Waals surface area contributed by atoms with Gasteiger partial charge in [-0.05, 0) is 36.4 Å². The first kappa shape index (κ1) is 13.9. The lowest BCUT2D eigenvalue weighted by atomic mass is 10.2. The maximum atomic E-state index is 11.9. The average molecular weight is 294 g/mol. The van der Waals surface area contributed by atoms with Gasteiger partial charge in [-0.25, -0.2) is 0 Å². The second-order valence-electron chi connectivity index (χ2n) is 3.87. The molecule has 0 radical (unpaired) electrons. The van der Waals surface area contributed by atoms with E-state index in [1.54, 1.807) is 13.0 Å². The number of imide groups is 1. The van der Waals surface area contributed by atoms with Crippen molar-refractivity contribution in [2.45, 2.75) is 6.92 Å². The molecule has 0 saturated carbocycles. The molecule has 1 aliphatic rings. The second-order valence-corrected chi connectivity index (χ2v) is 5.30. The van der Waals surface area contributed by atoms with Gasteiger partial charge < -0.3 is 0 Å². The van der Waals surface area contributed by atoms with Crippen molar-refractivity contribution < 1.29 is 9.59 Å². The monoisotopic (exact) mass is 293 g/mol. The molecule has 0 bridgehead atoms. The number of benzene rings is 1. The van der Waals surface area contributed by atoms with E-state index in [4.69, 9.17) is 11.6 Å². The van der Waals surface area contributed by atoms with Gasteiger partial charge >= 0.3 is 0 Å². The summed E-state index contributed by atoms with van der Waals surface area (Å²) in [6, 6.07) is 9.54. The smallest absolute Gasteiger partial charge is 0.269 e. The predicted molar refractivity (Wildman–Crippen MR) is 78.7 cm³/mol. The summed E-state index contributed by atoms with van der Waals surface area (Å²) >= 11 is 7.01. The van der Waals surface area contributed by atoms with Gasteiger partial charge in [0.05, 0.1) is 4.91 Å². The molecule has 3 nitrogen and oxygen atoms in total. The van der Waals surface area contributed by atoms with Crippen molar-refractivity contribution in [3.05, 3.63) is 51.9 Å². The number of amides is 2. The van der Waals surface area contributed by atoms with Gasteiger partial charge in [0.2, 0.25) is 0 Å². The average Bonchev–Trinajstić information content (AvgIpc) is 2.65. The van der Waals surface area contributed by atoms with Gasteiger partial charge in [-0.15, -0.1) is 0 Å². The minimum atomic E-state index is -0.280. The van der Waals surface area contributed by atoms with Crippen molar-refractivity contribution >= 4 is 40.6 Å². The Hall–Kier alpha value is -1.52. The number of hydrogen-bond donors (Lipinski definition) is 0. The molecule has 0 atom stereocenters. The highest BCUT2D eigenvalue weighted by Gasteiger charge is 2.33. The summed E-state index contributed by atoms with van der Waals surface area (Å²) in [5.41, 5.74) is 0.943. The number of carbonyl (C=O) groups is 2. The van der Waals surface area contributed by atoms with Crippen LogP contribution >= 0.6 is 23.4 Å². The highest BCUT2D eigenvalue weighted by Crippen LogP contribution is 2.32. The number of carbonyl (C=O) groups excluding carboxylic acids is 2. The summed E-state index contributed by atoms with van der Waals surface area (Å²) in [6.07, 6.45) is 3.29. The van der Waals surface area contributed by atoms with Gasteiger partial charge in [0, 0.05) is 11.6 Å². The molecule has 1 saturated heterocycles. The van der Waals surface area contributed by atoms with E-state index >= 15 is 0 Å². The predicted octanol–water partition coefficient (Wildman–Crippen LogP) is 3.87. The van der Waals surface area contributed by atoms with E-state index in [0.717, 1.165) is 17.3 Å². The van der Waals surface area contributed by atoms with Crippen molar-refractivity contribution in [1.29, 1.82) is 0 Å². The van der Waals surface area contributed by atoms with Crippen LogP contribution in [0.15, 0.2) is 46.3 Å². The molecule has 0 unspecified atom stereocenters. The summed E-state index contributed by atoms with van der Waals surface area (Å²) in [7, 11) is 0. The molecule has 1 heterocycles. The van der Waals surface area contributed by atoms with E-state index < -0.39 is 0 Å². The lowest BCUT2D eigenvalue weighted by molar-refractivity contribution is -0.122. The highest BCUT2D eigenvalue weighted by atomic mass is 35.5. The summed E-state index contributed by atoms with van der Waals surface area (Å²) in [5, 5.41) is 0.177. The van der Waals surface area contributed by atoms with Crippen LogP contribution in [0.3, 0.4) is 0 Å². The maximum absolute atomic E-state index is 11.9. The standard InChI is InChI=1S/C14H12ClNO2S/c1-2-16-13(17)12(19-14(16)18)9-11(15)8-10-6-4-3-5-7-10/h3-9H,2H2,1H3/b11-8-,12-9-. The third kappa shape index (κ3) is 3.28. The van der Waals surface area contributed by atoms with Gasteiger partial charge in [-0.3, -0.25) is 14.5 Å². The first-order chi connectivity index (χ1) is 9.11. The molecule has 0 spiro atoms. The fourth-order valence-electron chi connectivity index (χ4n) is 1.65. The first-order valence-electron chi connectivity index (χ1n) is 5.79. The molecule has 2 amide bonds. The molecule has 1 aliphatic heterocycles. The van der Waals surface area contributed by atoms with Crippen molar-refractivity contribution in [3.63, 3.8) is 0 Å². The van der Waals surface area contributed by atoms with Crippen LogP contribution in [0.25, 0.3) is 6.08 Å². The largest absolute Gasteiger partial charge is 0.293 e. The zero-order valence-corrected chi connectivity index (χ0v) is 11.9. The van der Waals surface area contributed by atoms with E-state index in [1.807, 2.05) is 30.3 Å². The van der Waals surface area contributed by atoms with Crippen LogP contribution in [0.5, 0.6) is 0 Å². The van der Waals surface area contributed by atoms with Crippen LogP contribution in [0.2, 0.25) is 0 Å². The van der Waals surface area contributed by atoms with Crippen molar-refractivity contribution in [3.8, 4) is 0 Å². The summed E-state index contributed by atoms with van der Waals surface area (Å²) in [6.45, 7) is 2.14. The minimum absolute atomic E-state index is 0.247. The summed E-state index contributed by atoms with van der Waals surface area (Å²) in [5.74, 6) is -0.280. The zero-order valence-electron chi connectivity index (χ0n) is 10.3. The van der Waals surface area contributed by atoms with E-state index in [1.165, 1.54) is 11.0 Å². The van der Waals surface area contributed by atoms with E-state index in [2.05, 4.69) is 0 Å². The van der Waals surface area contributed by atoms with Crippen molar-refractivity contribution in [2.75, 3.05) is 6.54 Å². The Morgan fingerprint density at radius 3 is 2.58 bits per heavy atom. The molecular weight excluding hydrogens is 282 g/mol. The number of nitrogens with zero attached hydrogens (tertiary/aromatic N) is 1. The quantitative estimate of drug-likeness (QED) is 0.794. The van der Waals surface area contributed by atoms with E-state index in [9.17, 15) is 9.59 Å². The molecule has 1 aromatic rings. The molecule has 2 rings (SSSR count). The number of hydrogen-bond acceptors (Lipinski definition) is 3. The first-order valence-corrected chi connectivity index (χ1v) is 6.99. The second kappa shape index (κ2) is 6.08. The Labute approximate surface area is 120 Å². The molecule has 1 aromatic carbocycles. The van der Waals surface area contributed by atoms with E-state index in [0.29, 0.717) is 16.5 Å². The molecule has 98 valence electrons. The normalized spacial score (nSPS) is 18.5. The third-order valence-electron chi connectivity index (χ3n) is 2.56. The molecule has 5 heteroatoms. The van der Waals surface area contributed by atoms with Gasteiger partial charge in [0.15, 0.2) is 0 Å². The van der Waals surface area contributed by atoms with Gasteiger partial charge in [0.25, 0.3) is 11.1 Å². The third-order valence-corrected chi connectivity index (χ3v) is 3.69. The lowest BCUT2D eigenvalue weighted by Gasteiger charge is -2.06. The lowest BCUT2D eigenvalue weighted by Crippen LogP contribution is -2.27. The number of rotatable bonds is 3. The molecule has 0 aromatic heterocycles. The van der Waals surface area contributed by atoms with Crippen molar-refractivity contribution in [1.82, 2.24) is 4.90 Å². The number of likely N-dealkylation sites (N-methyl/N-ethyl adjacent to an activating group) is 1. The SMILES string of the molecule is CCN1C(=O)S/C(=C\C(Cl)=C\c2ccccc2)C1=O. The van der Waals surface area contributed by atoms with Gasteiger partial charge in [0.1, 0.15) is 0 Å². The van der Waals surface area contributed by atoms with Crippen LogP contribution in [-0.4, -0.2) is 22.6 Å².